The average molecular weight is 548 g/mol. The minimum Gasteiger partial charge on any atom is -0.507 e. The summed E-state index contributed by atoms with van der Waals surface area (Å²) in [6.45, 7) is 2.07. The molecule has 2 aromatic carbocycles. The monoisotopic (exact) mass is 547 g/mol. The summed E-state index contributed by atoms with van der Waals surface area (Å²) in [5.74, 6) is -1.86. The molecule has 0 bridgehead atoms. The molecule has 2 aromatic rings. The third-order valence-electron chi connectivity index (χ3n) is 4.96. The second-order valence-corrected chi connectivity index (χ2v) is 8.37. The molecule has 12 heteroatoms. The van der Waals surface area contributed by atoms with Crippen molar-refractivity contribution in [3.05, 3.63) is 58.1 Å². The van der Waals surface area contributed by atoms with Gasteiger partial charge in [0.05, 0.1) is 17.7 Å². The molecular weight excluding hydrogens is 522 g/mol. The molecule has 0 aliphatic carbocycles. The number of ether oxygens (including phenoxy) is 1. The van der Waals surface area contributed by atoms with Gasteiger partial charge in [0.15, 0.2) is 5.96 Å². The van der Waals surface area contributed by atoms with E-state index < -0.39 is 23.8 Å². The van der Waals surface area contributed by atoms with Crippen LogP contribution in [0.3, 0.4) is 0 Å². The lowest BCUT2D eigenvalue weighted by molar-refractivity contribution is -0.139. The zero-order valence-electron chi connectivity index (χ0n) is 18.7. The lowest BCUT2D eigenvalue weighted by Crippen LogP contribution is -2.48. The van der Waals surface area contributed by atoms with Gasteiger partial charge in [0, 0.05) is 30.2 Å². The number of nitrogens with zero attached hydrogens (tertiary/aromatic N) is 1. The molecular formula is C23H26BrN5O6. The summed E-state index contributed by atoms with van der Waals surface area (Å²) in [7, 11) is 0. The van der Waals surface area contributed by atoms with E-state index in [0.717, 1.165) is 25.5 Å². The summed E-state index contributed by atoms with van der Waals surface area (Å²) in [5.41, 5.74) is 0.203. The van der Waals surface area contributed by atoms with E-state index in [-0.39, 0.29) is 23.4 Å². The Hall–Kier alpha value is -3.80. The summed E-state index contributed by atoms with van der Waals surface area (Å²) >= 11 is 3.24. The second kappa shape index (κ2) is 12.6. The number of carboxylic acids is 1. The van der Waals surface area contributed by atoms with Crippen LogP contribution in [0, 0.1) is 0 Å². The van der Waals surface area contributed by atoms with E-state index in [1.165, 1.54) is 24.3 Å². The number of aromatic hydroxyl groups is 1. The number of carbonyl (C=O) groups excluding carboxylic acids is 2. The minimum atomic E-state index is -1.38. The lowest BCUT2D eigenvalue weighted by Gasteiger charge is -2.17. The molecule has 0 fully saturated rings. The zero-order chi connectivity index (χ0) is 25.2. The normalized spacial score (nSPS) is 13.6. The predicted molar refractivity (Wildman–Crippen MR) is 132 cm³/mol. The molecule has 1 atom stereocenters. The van der Waals surface area contributed by atoms with Crippen molar-refractivity contribution in [2.24, 2.45) is 4.99 Å². The fourth-order valence-electron chi connectivity index (χ4n) is 3.15. The van der Waals surface area contributed by atoms with Crippen molar-refractivity contribution < 1.29 is 29.3 Å². The Morgan fingerprint density at radius 1 is 1.14 bits per heavy atom. The summed E-state index contributed by atoms with van der Waals surface area (Å²) < 4.78 is 6.08. The van der Waals surface area contributed by atoms with E-state index in [2.05, 4.69) is 42.2 Å². The molecule has 0 saturated carbocycles. The first kappa shape index (κ1) is 25.8. The number of phenols is 1. The highest BCUT2D eigenvalue weighted by molar-refractivity contribution is 9.10. The van der Waals surface area contributed by atoms with Gasteiger partial charge in [-0.3, -0.25) is 14.6 Å². The first-order valence-electron chi connectivity index (χ1n) is 10.9. The van der Waals surface area contributed by atoms with Crippen molar-refractivity contribution in [1.82, 2.24) is 21.3 Å². The Balaban J connectivity index is 1.50. The topological polar surface area (TPSA) is 161 Å². The van der Waals surface area contributed by atoms with E-state index in [0.29, 0.717) is 23.4 Å². The molecule has 2 amide bonds. The molecule has 1 heterocycles. The highest BCUT2D eigenvalue weighted by Crippen LogP contribution is 2.23. The molecule has 3 rings (SSSR count). The number of aliphatic carboxylic acids is 1. The van der Waals surface area contributed by atoms with Gasteiger partial charge in [-0.2, -0.15) is 0 Å². The molecule has 186 valence electrons. The predicted octanol–water partition coefficient (Wildman–Crippen LogP) is 1.09. The van der Waals surface area contributed by atoms with Crippen LogP contribution in [-0.2, 0) is 4.79 Å². The molecule has 0 aromatic heterocycles. The number of aliphatic imine (C=N–C) groups is 1. The smallest absolute Gasteiger partial charge is 0.328 e. The fourth-order valence-corrected chi connectivity index (χ4v) is 3.62. The Morgan fingerprint density at radius 3 is 2.63 bits per heavy atom. The van der Waals surface area contributed by atoms with Gasteiger partial charge >= 0.3 is 5.97 Å². The van der Waals surface area contributed by atoms with Gasteiger partial charge < -0.3 is 36.2 Å². The Morgan fingerprint density at radius 2 is 1.94 bits per heavy atom. The summed E-state index contributed by atoms with van der Waals surface area (Å²) in [5, 5.41) is 30.7. The Bertz CT molecular complexity index is 1110. The van der Waals surface area contributed by atoms with Crippen LogP contribution >= 0.6 is 15.9 Å². The number of phenolic OH excluding ortho intramolecular Hbond substituents is 1. The van der Waals surface area contributed by atoms with E-state index in [9.17, 15) is 24.6 Å². The number of halogens is 1. The maximum absolute atomic E-state index is 12.5. The van der Waals surface area contributed by atoms with Crippen LogP contribution in [0.15, 0.2) is 51.9 Å². The molecule has 0 spiro atoms. The number of carbonyl (C=O) groups is 3. The molecule has 0 saturated heterocycles. The van der Waals surface area contributed by atoms with Gasteiger partial charge in [-0.15, -0.1) is 0 Å². The van der Waals surface area contributed by atoms with E-state index >= 15 is 0 Å². The number of guanidine groups is 1. The van der Waals surface area contributed by atoms with E-state index in [1.807, 2.05) is 0 Å². The molecule has 6 N–H and O–H groups in total. The van der Waals surface area contributed by atoms with Crippen molar-refractivity contribution in [2.45, 2.75) is 12.5 Å². The highest BCUT2D eigenvalue weighted by Gasteiger charge is 2.23. The standard InChI is InChI=1S/C23H26BrN5O6/c24-17-5-2-1-4-15(17)21(32)29-18(22(33)34)13-28-20(31)16-7-6-14(12-19(16)30)35-11-10-27-23-25-8-3-9-26-23/h1-2,4-7,12,18,30H,3,8-11,13H2,(H,28,31)(H,29,32)(H,33,34)(H2,25,26,27)/t18-/m0/s1. The van der Waals surface area contributed by atoms with Crippen LogP contribution < -0.4 is 26.0 Å². The highest BCUT2D eigenvalue weighted by atomic mass is 79.9. The third kappa shape index (κ3) is 7.60. The molecule has 1 aliphatic rings. The molecule has 35 heavy (non-hydrogen) atoms. The van der Waals surface area contributed by atoms with Gasteiger partial charge in [-0.05, 0) is 46.6 Å². The lowest BCUT2D eigenvalue weighted by atomic mass is 10.1. The van der Waals surface area contributed by atoms with Crippen LogP contribution in [0.4, 0.5) is 0 Å². The van der Waals surface area contributed by atoms with Crippen LogP contribution in [0.1, 0.15) is 27.1 Å². The number of nitrogens with one attached hydrogen (secondary N) is 4. The molecule has 11 nitrogen and oxygen atoms in total. The van der Waals surface area contributed by atoms with Gasteiger partial charge in [0.25, 0.3) is 11.8 Å². The van der Waals surface area contributed by atoms with Gasteiger partial charge in [0.1, 0.15) is 24.1 Å². The number of amides is 2. The quantitative estimate of drug-likeness (QED) is 0.241. The number of rotatable bonds is 10. The number of carboxylic acid groups (broad SMARTS) is 1. The van der Waals surface area contributed by atoms with Gasteiger partial charge in [0.2, 0.25) is 0 Å². The van der Waals surface area contributed by atoms with Gasteiger partial charge in [-0.25, -0.2) is 4.79 Å². The van der Waals surface area contributed by atoms with Crippen molar-refractivity contribution in [3.8, 4) is 11.5 Å². The first-order valence-corrected chi connectivity index (χ1v) is 11.7. The summed E-state index contributed by atoms with van der Waals surface area (Å²) in [6.07, 6.45) is 0.998. The van der Waals surface area contributed by atoms with Crippen molar-refractivity contribution >= 4 is 39.7 Å². The number of benzene rings is 2. The molecule has 0 radical (unpaired) electrons. The van der Waals surface area contributed by atoms with Crippen molar-refractivity contribution in [2.75, 3.05) is 32.8 Å². The SMILES string of the molecule is O=C(NC[C@H](NC(=O)c1ccccc1Br)C(=O)O)c1ccc(OCCNC2=NCCCN2)cc1O. The Labute approximate surface area is 210 Å². The fraction of sp³-hybridized carbons (Fsp3) is 0.304. The number of hydrogen-bond donors (Lipinski definition) is 6. The van der Waals surface area contributed by atoms with E-state index in [1.54, 1.807) is 18.2 Å². The van der Waals surface area contributed by atoms with Crippen LogP contribution in [0.2, 0.25) is 0 Å². The van der Waals surface area contributed by atoms with Crippen LogP contribution in [-0.4, -0.2) is 72.8 Å². The summed E-state index contributed by atoms with van der Waals surface area (Å²) in [6, 6.07) is 9.38. The van der Waals surface area contributed by atoms with Gasteiger partial charge in [-0.1, -0.05) is 12.1 Å². The Kier molecular flexibility index (Phi) is 9.30. The number of hydrogen-bond acceptors (Lipinski definition) is 8. The minimum absolute atomic E-state index is 0.0579. The third-order valence-corrected chi connectivity index (χ3v) is 5.65. The summed E-state index contributed by atoms with van der Waals surface area (Å²) in [4.78, 5) is 40.8. The van der Waals surface area contributed by atoms with E-state index in [4.69, 9.17) is 4.74 Å². The first-order chi connectivity index (χ1) is 16.8. The zero-order valence-corrected chi connectivity index (χ0v) is 20.3. The molecule has 0 unspecified atom stereocenters. The largest absolute Gasteiger partial charge is 0.507 e. The second-order valence-electron chi connectivity index (χ2n) is 7.52. The average Bonchev–Trinajstić information content (AvgIpc) is 2.85. The molecule has 1 aliphatic heterocycles. The maximum atomic E-state index is 12.5. The maximum Gasteiger partial charge on any atom is 0.328 e. The van der Waals surface area contributed by atoms with Crippen LogP contribution in [0.5, 0.6) is 11.5 Å². The van der Waals surface area contributed by atoms with Crippen molar-refractivity contribution in [1.29, 1.82) is 0 Å². The van der Waals surface area contributed by atoms with Crippen LogP contribution in [0.25, 0.3) is 0 Å². The van der Waals surface area contributed by atoms with Crippen molar-refractivity contribution in [3.63, 3.8) is 0 Å².